The van der Waals surface area contributed by atoms with Gasteiger partial charge in [-0.25, -0.2) is 0 Å². The van der Waals surface area contributed by atoms with Crippen LogP contribution in [-0.4, -0.2) is 49.8 Å². The van der Waals surface area contributed by atoms with Crippen LogP contribution in [-0.2, 0) is 4.74 Å². The summed E-state index contributed by atoms with van der Waals surface area (Å²) in [5.41, 5.74) is 1.48. The van der Waals surface area contributed by atoms with E-state index in [-0.39, 0.29) is 0 Å². The van der Waals surface area contributed by atoms with E-state index in [1.807, 2.05) is 0 Å². The average molecular weight is 353 g/mol. The second-order valence-electron chi connectivity index (χ2n) is 6.40. The summed E-state index contributed by atoms with van der Waals surface area (Å²) in [4.78, 5) is 2.51. The van der Waals surface area contributed by atoms with Crippen molar-refractivity contribution in [3.8, 4) is 0 Å². The fourth-order valence-electron chi connectivity index (χ4n) is 3.39. The molecule has 1 heterocycles. The van der Waals surface area contributed by atoms with Gasteiger partial charge in [0, 0.05) is 36.2 Å². The molecular formula is C17H25BrN2O. The smallest absolute Gasteiger partial charge is 0.0594 e. The molecule has 1 N–H and O–H groups in total. The summed E-state index contributed by atoms with van der Waals surface area (Å²) in [5, 5.41) is 3.78. The molecule has 2 fully saturated rings. The Bertz CT molecular complexity index is 439. The van der Waals surface area contributed by atoms with Crippen molar-refractivity contribution in [2.24, 2.45) is 0 Å². The number of nitrogens with one attached hydrogen (secondary N) is 1. The standard InChI is InChI=1S/C17H25BrN2O/c1-13(12-20-6-8-21-9-7-20)19-17-10-15(11-17)14-2-4-16(18)5-3-14/h2-5,13,15,17,19H,6-12H2,1H3. The van der Waals surface area contributed by atoms with Gasteiger partial charge in [0.1, 0.15) is 0 Å². The van der Waals surface area contributed by atoms with E-state index in [2.05, 4.69) is 57.3 Å². The van der Waals surface area contributed by atoms with Crippen LogP contribution < -0.4 is 5.32 Å². The average Bonchev–Trinajstić information content (AvgIpc) is 2.45. The molecule has 3 rings (SSSR count). The van der Waals surface area contributed by atoms with Gasteiger partial charge < -0.3 is 10.1 Å². The fourth-order valence-corrected chi connectivity index (χ4v) is 3.65. The molecule has 21 heavy (non-hydrogen) atoms. The predicted molar refractivity (Wildman–Crippen MR) is 89.8 cm³/mol. The Morgan fingerprint density at radius 1 is 1.24 bits per heavy atom. The van der Waals surface area contributed by atoms with Crippen LogP contribution >= 0.6 is 15.9 Å². The van der Waals surface area contributed by atoms with E-state index in [0.717, 1.165) is 38.8 Å². The molecule has 3 nitrogen and oxygen atoms in total. The van der Waals surface area contributed by atoms with Crippen molar-refractivity contribution < 1.29 is 4.74 Å². The highest BCUT2D eigenvalue weighted by atomic mass is 79.9. The summed E-state index contributed by atoms with van der Waals surface area (Å²) in [5.74, 6) is 0.742. The lowest BCUT2D eigenvalue weighted by Crippen LogP contribution is -2.50. The van der Waals surface area contributed by atoms with Crippen molar-refractivity contribution in [1.29, 1.82) is 0 Å². The molecule has 1 aromatic rings. The highest BCUT2D eigenvalue weighted by Gasteiger charge is 2.31. The van der Waals surface area contributed by atoms with Crippen molar-refractivity contribution in [2.45, 2.75) is 37.8 Å². The SMILES string of the molecule is CC(CN1CCOCC1)NC1CC(c2ccc(Br)cc2)C1. The zero-order valence-corrected chi connectivity index (χ0v) is 14.3. The molecule has 1 aliphatic heterocycles. The number of benzene rings is 1. The molecule has 1 aliphatic carbocycles. The van der Waals surface area contributed by atoms with E-state index in [1.165, 1.54) is 22.9 Å². The van der Waals surface area contributed by atoms with Crippen LogP contribution in [0.3, 0.4) is 0 Å². The van der Waals surface area contributed by atoms with Crippen molar-refractivity contribution in [3.05, 3.63) is 34.3 Å². The largest absolute Gasteiger partial charge is 0.379 e. The summed E-state index contributed by atoms with van der Waals surface area (Å²) in [6.45, 7) is 7.39. The Morgan fingerprint density at radius 3 is 2.57 bits per heavy atom. The minimum atomic E-state index is 0.568. The van der Waals surface area contributed by atoms with Gasteiger partial charge in [0.25, 0.3) is 0 Å². The zero-order valence-electron chi connectivity index (χ0n) is 12.7. The highest BCUT2D eigenvalue weighted by molar-refractivity contribution is 9.10. The summed E-state index contributed by atoms with van der Waals surface area (Å²) < 4.78 is 6.57. The van der Waals surface area contributed by atoms with Crippen molar-refractivity contribution in [3.63, 3.8) is 0 Å². The first kappa shape index (κ1) is 15.5. The molecule has 0 amide bonds. The van der Waals surface area contributed by atoms with Crippen LogP contribution in [0.1, 0.15) is 31.2 Å². The summed E-state index contributed by atoms with van der Waals surface area (Å²) >= 11 is 3.50. The van der Waals surface area contributed by atoms with E-state index in [0.29, 0.717) is 12.1 Å². The molecule has 1 atom stereocenters. The Morgan fingerprint density at radius 2 is 1.90 bits per heavy atom. The van der Waals surface area contributed by atoms with Crippen molar-refractivity contribution in [2.75, 3.05) is 32.8 Å². The number of halogens is 1. The number of rotatable bonds is 5. The molecular weight excluding hydrogens is 328 g/mol. The Balaban J connectivity index is 1.38. The van der Waals surface area contributed by atoms with Crippen LogP contribution in [0.4, 0.5) is 0 Å². The number of hydrogen-bond donors (Lipinski definition) is 1. The third kappa shape index (κ3) is 4.28. The topological polar surface area (TPSA) is 24.5 Å². The monoisotopic (exact) mass is 352 g/mol. The zero-order chi connectivity index (χ0) is 14.7. The fraction of sp³-hybridized carbons (Fsp3) is 0.647. The Kier molecular flexibility index (Phi) is 5.33. The summed E-state index contributed by atoms with van der Waals surface area (Å²) in [6, 6.07) is 10.1. The van der Waals surface area contributed by atoms with E-state index in [4.69, 9.17) is 4.74 Å². The van der Waals surface area contributed by atoms with Crippen LogP contribution in [0.5, 0.6) is 0 Å². The first-order chi connectivity index (χ1) is 10.2. The van der Waals surface area contributed by atoms with Crippen LogP contribution in [0.2, 0.25) is 0 Å². The lowest BCUT2D eigenvalue weighted by atomic mass is 9.75. The molecule has 4 heteroatoms. The summed E-state index contributed by atoms with van der Waals surface area (Å²) in [6.07, 6.45) is 2.55. The van der Waals surface area contributed by atoms with Gasteiger partial charge in [0.15, 0.2) is 0 Å². The number of nitrogens with zero attached hydrogens (tertiary/aromatic N) is 1. The van der Waals surface area contributed by atoms with Crippen LogP contribution in [0, 0.1) is 0 Å². The van der Waals surface area contributed by atoms with Gasteiger partial charge in [-0.15, -0.1) is 0 Å². The van der Waals surface area contributed by atoms with Crippen LogP contribution in [0.15, 0.2) is 28.7 Å². The van der Waals surface area contributed by atoms with Gasteiger partial charge in [-0.1, -0.05) is 28.1 Å². The van der Waals surface area contributed by atoms with E-state index in [9.17, 15) is 0 Å². The molecule has 2 aliphatic rings. The minimum Gasteiger partial charge on any atom is -0.379 e. The second kappa shape index (κ2) is 7.23. The number of ether oxygens (including phenoxy) is 1. The Hall–Kier alpha value is -0.420. The van der Waals surface area contributed by atoms with Gasteiger partial charge in [-0.2, -0.15) is 0 Å². The summed E-state index contributed by atoms with van der Waals surface area (Å²) in [7, 11) is 0. The van der Waals surface area contributed by atoms with E-state index in [1.54, 1.807) is 0 Å². The van der Waals surface area contributed by atoms with Gasteiger partial charge in [0.2, 0.25) is 0 Å². The van der Waals surface area contributed by atoms with Gasteiger partial charge >= 0.3 is 0 Å². The van der Waals surface area contributed by atoms with Crippen molar-refractivity contribution >= 4 is 15.9 Å². The lowest BCUT2D eigenvalue weighted by Gasteiger charge is -2.39. The van der Waals surface area contributed by atoms with Crippen molar-refractivity contribution in [1.82, 2.24) is 10.2 Å². The molecule has 0 aromatic heterocycles. The molecule has 1 aromatic carbocycles. The molecule has 116 valence electrons. The second-order valence-corrected chi connectivity index (χ2v) is 7.31. The van der Waals surface area contributed by atoms with Gasteiger partial charge in [-0.3, -0.25) is 4.90 Å². The number of morpholine rings is 1. The third-order valence-electron chi connectivity index (χ3n) is 4.64. The maximum absolute atomic E-state index is 5.40. The lowest BCUT2D eigenvalue weighted by molar-refractivity contribution is 0.0330. The molecule has 1 saturated carbocycles. The van der Waals surface area contributed by atoms with E-state index >= 15 is 0 Å². The van der Waals surface area contributed by atoms with E-state index < -0.39 is 0 Å². The normalized spacial score (nSPS) is 28.1. The third-order valence-corrected chi connectivity index (χ3v) is 5.16. The quantitative estimate of drug-likeness (QED) is 0.881. The number of hydrogen-bond acceptors (Lipinski definition) is 3. The van der Waals surface area contributed by atoms with Gasteiger partial charge in [0.05, 0.1) is 13.2 Å². The Labute approximate surface area is 136 Å². The maximum atomic E-state index is 5.40. The minimum absolute atomic E-state index is 0.568. The molecule has 1 saturated heterocycles. The molecule has 0 bridgehead atoms. The van der Waals surface area contributed by atoms with Gasteiger partial charge in [-0.05, 0) is 43.4 Å². The molecule has 0 radical (unpaired) electrons. The molecule has 1 unspecified atom stereocenters. The van der Waals surface area contributed by atoms with Crippen LogP contribution in [0.25, 0.3) is 0 Å². The maximum Gasteiger partial charge on any atom is 0.0594 e. The first-order valence-corrected chi connectivity index (χ1v) is 8.81. The predicted octanol–water partition coefficient (Wildman–Crippen LogP) is 3.01. The molecule has 0 spiro atoms. The highest BCUT2D eigenvalue weighted by Crippen LogP contribution is 2.37. The first-order valence-electron chi connectivity index (χ1n) is 8.02.